The van der Waals surface area contributed by atoms with E-state index in [0.29, 0.717) is 0 Å². The van der Waals surface area contributed by atoms with Gasteiger partial charge in [-0.25, -0.2) is 0 Å². The van der Waals surface area contributed by atoms with Crippen molar-refractivity contribution in [3.63, 3.8) is 0 Å². The van der Waals surface area contributed by atoms with Crippen molar-refractivity contribution in [1.29, 1.82) is 0 Å². The van der Waals surface area contributed by atoms with Gasteiger partial charge in [0.1, 0.15) is 0 Å². The van der Waals surface area contributed by atoms with Crippen molar-refractivity contribution in [3.8, 4) is 0 Å². The Kier molecular flexibility index (Phi) is 9.74. The van der Waals surface area contributed by atoms with Crippen molar-refractivity contribution in [2.24, 2.45) is 0 Å². The van der Waals surface area contributed by atoms with E-state index in [0.717, 1.165) is 22.7 Å². The minimum Gasteiger partial charge on any atom is -0.658 e. The molecule has 0 amide bonds. The largest absolute Gasteiger partial charge is 2.00 e. The molecule has 0 aliphatic carbocycles. The molecule has 4 aromatic carbocycles. The van der Waals surface area contributed by atoms with E-state index in [1.165, 1.54) is 0 Å². The second-order valence-corrected chi connectivity index (χ2v) is 5.57. The van der Waals surface area contributed by atoms with E-state index >= 15 is 0 Å². The van der Waals surface area contributed by atoms with Crippen molar-refractivity contribution in [2.75, 3.05) is 0 Å². The smallest absolute Gasteiger partial charge is 0.658 e. The summed E-state index contributed by atoms with van der Waals surface area (Å²) in [5.41, 5.74) is 3.98. The van der Waals surface area contributed by atoms with E-state index < -0.39 is 0 Å². The summed E-state index contributed by atoms with van der Waals surface area (Å²) in [5.74, 6) is 0. The first kappa shape index (κ1) is 21.3. The molecule has 128 valence electrons. The molecule has 0 unspecified atom stereocenters. The predicted octanol–water partition coefficient (Wildman–Crippen LogP) is 7.67. The van der Waals surface area contributed by atoms with Crippen LogP contribution in [0.5, 0.6) is 0 Å². The minimum absolute atomic E-state index is 0. The maximum absolute atomic E-state index is 4.44. The normalized spacial score (nSPS) is 9.19. The Morgan fingerprint density at radius 3 is 0.667 bits per heavy atom. The Morgan fingerprint density at radius 1 is 0.296 bits per heavy atom. The van der Waals surface area contributed by atoms with Gasteiger partial charge in [-0.2, -0.15) is 0 Å². The van der Waals surface area contributed by atoms with Crippen molar-refractivity contribution in [1.82, 2.24) is 0 Å². The van der Waals surface area contributed by atoms with Crippen molar-refractivity contribution in [3.05, 3.63) is 132 Å². The predicted molar refractivity (Wildman–Crippen MR) is 117 cm³/mol. The Labute approximate surface area is 198 Å². The number of hydrogen-bond donors (Lipinski definition) is 0. The van der Waals surface area contributed by atoms with E-state index in [1.54, 1.807) is 0 Å². The van der Waals surface area contributed by atoms with Gasteiger partial charge in [-0.1, -0.05) is 121 Å². The first-order chi connectivity index (χ1) is 12.9. The molecule has 0 saturated carbocycles. The van der Waals surface area contributed by atoms with Crippen LogP contribution in [-0.2, 0) is 0 Å². The Morgan fingerprint density at radius 2 is 0.481 bits per heavy atom. The third-order valence-corrected chi connectivity index (χ3v) is 3.54. The zero-order valence-corrected chi connectivity index (χ0v) is 18.6. The van der Waals surface area contributed by atoms with Crippen LogP contribution in [0.15, 0.2) is 121 Å². The molecule has 0 atom stereocenters. The van der Waals surface area contributed by atoms with Crippen LogP contribution in [0.2, 0.25) is 0 Å². The summed E-state index contributed by atoms with van der Waals surface area (Å²) in [6.45, 7) is 0. The number of benzene rings is 4. The zero-order chi connectivity index (χ0) is 17.9. The maximum Gasteiger partial charge on any atom is 2.00 e. The molecule has 0 N–H and O–H groups in total. The summed E-state index contributed by atoms with van der Waals surface area (Å²) in [6, 6.07) is 39.8. The Hall–Kier alpha value is -2.04. The number of rotatable bonds is 4. The topological polar surface area (TPSA) is 28.2 Å². The van der Waals surface area contributed by atoms with Crippen LogP contribution < -0.4 is 0 Å². The van der Waals surface area contributed by atoms with E-state index in [4.69, 9.17) is 0 Å². The second kappa shape index (κ2) is 12.4. The molecule has 0 aliphatic rings. The minimum atomic E-state index is 0. The second-order valence-electron chi connectivity index (χ2n) is 5.57. The summed E-state index contributed by atoms with van der Waals surface area (Å²) < 4.78 is 0. The van der Waals surface area contributed by atoms with Crippen LogP contribution in [0.4, 0.5) is 22.7 Å². The molecule has 4 aromatic rings. The molecule has 3 heteroatoms. The Balaban J connectivity index is 0.000000187. The van der Waals surface area contributed by atoms with E-state index in [-0.39, 0.29) is 45.5 Å². The zero-order valence-electron chi connectivity index (χ0n) is 15.1. The summed E-state index contributed by atoms with van der Waals surface area (Å²) >= 11 is 0. The van der Waals surface area contributed by atoms with Gasteiger partial charge < -0.3 is 10.6 Å². The van der Waals surface area contributed by atoms with Gasteiger partial charge in [-0.3, -0.25) is 0 Å². The van der Waals surface area contributed by atoms with Gasteiger partial charge in [0.2, 0.25) is 0 Å². The van der Waals surface area contributed by atoms with Crippen LogP contribution in [0.1, 0.15) is 0 Å². The fraction of sp³-hybridized carbons (Fsp3) is 0. The summed E-state index contributed by atoms with van der Waals surface area (Å²) in [4.78, 5) is 0. The van der Waals surface area contributed by atoms with Gasteiger partial charge in [0, 0.05) is 0 Å². The fourth-order valence-corrected chi connectivity index (χ4v) is 2.31. The van der Waals surface area contributed by atoms with Crippen molar-refractivity contribution >= 4 is 68.2 Å². The molecule has 0 aromatic heterocycles. The molecule has 0 bridgehead atoms. The summed E-state index contributed by atoms with van der Waals surface area (Å²) in [5, 5.41) is 8.88. The Bertz CT molecular complexity index is 715. The third kappa shape index (κ3) is 8.02. The van der Waals surface area contributed by atoms with Crippen LogP contribution in [0.3, 0.4) is 0 Å². The molecule has 0 heterocycles. The van der Waals surface area contributed by atoms with Gasteiger partial charge in [-0.15, -0.1) is 22.7 Å². The quantitative estimate of drug-likeness (QED) is 0.301. The van der Waals surface area contributed by atoms with Gasteiger partial charge in [0.25, 0.3) is 0 Å². The average molecular weight is 424 g/mol. The molecule has 0 radical (unpaired) electrons. The van der Waals surface area contributed by atoms with E-state index in [2.05, 4.69) is 10.6 Å². The molecule has 27 heavy (non-hydrogen) atoms. The fourth-order valence-electron chi connectivity index (χ4n) is 2.31. The van der Waals surface area contributed by atoms with Crippen LogP contribution in [0, 0.1) is 0 Å². The van der Waals surface area contributed by atoms with Crippen LogP contribution in [0.25, 0.3) is 10.6 Å². The SMILES string of the molecule is [Sr+2].c1ccc([N-]c2ccccc2)cc1.c1ccc([N-]c2ccccc2)cc1. The first-order valence-corrected chi connectivity index (χ1v) is 8.54. The van der Waals surface area contributed by atoms with Gasteiger partial charge >= 0.3 is 45.5 Å². The van der Waals surface area contributed by atoms with Crippen molar-refractivity contribution < 1.29 is 0 Å². The van der Waals surface area contributed by atoms with Gasteiger partial charge in [-0.05, 0) is 0 Å². The number of nitrogens with zero attached hydrogens (tertiary/aromatic N) is 2. The average Bonchev–Trinajstić information content (AvgIpc) is 2.72. The maximum atomic E-state index is 4.44. The monoisotopic (exact) mass is 424 g/mol. The molecule has 0 fully saturated rings. The van der Waals surface area contributed by atoms with Crippen molar-refractivity contribution in [2.45, 2.75) is 0 Å². The molecule has 0 spiro atoms. The molecular formula is C24H20N2Sr. The number of hydrogen-bond acceptors (Lipinski definition) is 0. The molecule has 0 aliphatic heterocycles. The van der Waals surface area contributed by atoms with Gasteiger partial charge in [0.05, 0.1) is 0 Å². The van der Waals surface area contributed by atoms with Crippen LogP contribution >= 0.6 is 0 Å². The summed E-state index contributed by atoms with van der Waals surface area (Å²) in [6.07, 6.45) is 0. The first-order valence-electron chi connectivity index (χ1n) is 8.54. The standard InChI is InChI=1S/2C12H10N.Sr/c2*1-3-7-11(8-4-1)13-12-9-5-2-6-10-12;/h2*1-10H;/q2*-1;+2. The molecular weight excluding hydrogens is 404 g/mol. The van der Waals surface area contributed by atoms with Crippen LogP contribution in [-0.4, -0.2) is 45.5 Å². The molecule has 2 nitrogen and oxygen atoms in total. The van der Waals surface area contributed by atoms with Gasteiger partial charge in [0.15, 0.2) is 0 Å². The third-order valence-electron chi connectivity index (χ3n) is 3.54. The number of para-hydroxylation sites is 4. The molecule has 4 rings (SSSR count). The molecule has 0 saturated heterocycles. The van der Waals surface area contributed by atoms with E-state index in [9.17, 15) is 0 Å². The van der Waals surface area contributed by atoms with E-state index in [1.807, 2.05) is 121 Å². The summed E-state index contributed by atoms with van der Waals surface area (Å²) in [7, 11) is 0.